The van der Waals surface area contributed by atoms with Crippen molar-refractivity contribution in [1.29, 1.82) is 10.5 Å². The number of carbonyl (C=O) groups excluding carboxylic acids is 9. The highest BCUT2D eigenvalue weighted by molar-refractivity contribution is 6.05. The lowest BCUT2D eigenvalue weighted by Crippen LogP contribution is -2.47. The summed E-state index contributed by atoms with van der Waals surface area (Å²) < 4.78 is 36.8. The van der Waals surface area contributed by atoms with Crippen LogP contribution < -0.4 is 50.3 Å². The maximum Gasteiger partial charge on any atom is 0.268 e. The molecule has 0 saturated carbocycles. The molecule has 8 bridgehead atoms. The number of ether oxygens (including phenoxy) is 5. The third-order valence-corrected chi connectivity index (χ3v) is 22.4. The molecule has 6 atom stereocenters. The number of hydrogen-bond acceptors (Lipinski definition) is 26. The number of nitriles is 2. The standard InChI is InChI=1S/C22H28N4O4.C20H26N4O4.C20H24N4O4.C19H22N4O3.C18H21N3O3.C4H7NO/c1-6-8-13-30-17-12-9-11-16(14-17)20-18(15-25(3)24-20)21(27)23-19(10-7-2)22(28)26(4)29-5;2*1-23-13-16-18(22-23)14-8-7-9-15(12-14)28-11-6-4-5-10-17(21-19(16)25)20(26)24(2)27-3;1-23-12-15-18(22-23)13-6-5-7-14(10-13)26-9-4-2-3-8-16(17(24)11-20)21-19(15)25;1-21-11-16-17(20-21)13-6-5-8-15(10-13)24-9-4-2-3-7-14(12-22)19-18(16)23;1-4(2,6)3-5/h6-7,9,11-12,14-15,19H,1-2,8,10,13H2,3-5H3,(H,23,27);7-9,12-13,17H,4-6,10-11H2,1-3H3,(H,21,25);4-5,7-9,12-13,17H,6,10-11H2,1-3H3,(H,21,25);5-7,10,12,16-17,24H,2-4,8-9H2,1H3,(H,21,25);5-6,8,10-12,14H,2-4,7,9H2,1H3,(H,19,23);6H,1-2H3/t19-;2*17-;16-,17?;14-;/m00000./s1. The molecule has 5 aromatic heterocycles. The van der Waals surface area contributed by atoms with Gasteiger partial charge in [0.25, 0.3) is 47.3 Å². The minimum atomic E-state index is -1.24. The van der Waals surface area contributed by atoms with E-state index < -0.39 is 47.8 Å². The number of hydroxylamine groups is 6. The zero-order valence-corrected chi connectivity index (χ0v) is 82.6. The molecule has 0 spiro atoms. The van der Waals surface area contributed by atoms with Gasteiger partial charge in [-0.25, -0.2) is 15.2 Å². The number of nitrogens with one attached hydrogen (secondary N) is 5. The van der Waals surface area contributed by atoms with E-state index in [1.54, 1.807) is 108 Å². The topological polar surface area (TPSA) is 474 Å². The van der Waals surface area contributed by atoms with E-state index in [4.69, 9.17) is 53.8 Å². The highest BCUT2D eigenvalue weighted by Gasteiger charge is 2.33. The van der Waals surface area contributed by atoms with Crippen LogP contribution in [0.15, 0.2) is 190 Å². The number of fused-ring (bicyclic) bond motifs is 16. The molecule has 142 heavy (non-hydrogen) atoms. The maximum absolute atomic E-state index is 13.0. The van der Waals surface area contributed by atoms with Crippen LogP contribution in [0, 0.1) is 22.7 Å². The first-order valence-electron chi connectivity index (χ1n) is 46.6. The van der Waals surface area contributed by atoms with E-state index in [-0.39, 0.29) is 47.8 Å². The Bertz CT molecular complexity index is 6050. The highest BCUT2D eigenvalue weighted by atomic mass is 16.7. The molecule has 754 valence electrons. The van der Waals surface area contributed by atoms with Crippen LogP contribution in [0.5, 0.6) is 28.7 Å². The molecular formula is C103H128N20O19. The Labute approximate surface area is 826 Å². The fraction of sp³-hybridized carbons (Fsp3) is 0.398. The molecule has 1 unspecified atom stereocenters. The minimum Gasteiger partial charge on any atom is -0.494 e. The van der Waals surface area contributed by atoms with Gasteiger partial charge in [0.05, 0.1) is 106 Å². The summed E-state index contributed by atoms with van der Waals surface area (Å²) in [6.45, 7) is 13.1. The number of amides is 8. The van der Waals surface area contributed by atoms with Crippen LogP contribution >= 0.6 is 0 Å². The molecule has 14 rings (SSSR count). The quantitative estimate of drug-likeness (QED) is 0.0146. The van der Waals surface area contributed by atoms with Gasteiger partial charge in [0.15, 0.2) is 6.10 Å². The molecule has 5 aromatic carbocycles. The zero-order chi connectivity index (χ0) is 103. The molecule has 7 N–H and O–H groups in total. The number of benzene rings is 5. The molecule has 4 aliphatic rings. The lowest BCUT2D eigenvalue weighted by molar-refractivity contribution is -0.171. The van der Waals surface area contributed by atoms with E-state index in [9.17, 15) is 48.3 Å². The van der Waals surface area contributed by atoms with E-state index in [0.29, 0.717) is 127 Å². The van der Waals surface area contributed by atoms with Gasteiger partial charge in [-0.15, -0.1) is 13.2 Å². The number of aliphatic hydroxyl groups is 2. The molecular weight excluding hydrogens is 1820 g/mol. The zero-order valence-electron chi connectivity index (χ0n) is 82.6. The van der Waals surface area contributed by atoms with Crippen molar-refractivity contribution in [1.82, 2.24) is 90.7 Å². The molecule has 0 fully saturated rings. The Morgan fingerprint density at radius 1 is 0.521 bits per heavy atom. The van der Waals surface area contributed by atoms with Crippen molar-refractivity contribution in [2.75, 3.05) is 75.5 Å². The monoisotopic (exact) mass is 1950 g/mol. The molecule has 0 saturated heterocycles. The normalized spacial score (nSPS) is 16.4. The first-order valence-corrected chi connectivity index (χ1v) is 46.6. The lowest BCUT2D eigenvalue weighted by atomic mass is 10.0. The van der Waals surface area contributed by atoms with Crippen LogP contribution in [0.2, 0.25) is 0 Å². The molecule has 4 aliphatic heterocycles. The number of rotatable bonds is 17. The second-order valence-electron chi connectivity index (χ2n) is 34.0. The number of likely N-dealkylation sites (N-methyl/N-ethyl adjacent to an activating group) is 3. The Hall–Kier alpha value is -15.4. The molecule has 10 aromatic rings. The van der Waals surface area contributed by atoms with Gasteiger partial charge in [-0.05, 0) is 158 Å². The van der Waals surface area contributed by atoms with Crippen molar-refractivity contribution >= 4 is 53.5 Å². The van der Waals surface area contributed by atoms with Crippen LogP contribution in [0.25, 0.3) is 56.3 Å². The van der Waals surface area contributed by atoms with E-state index in [0.717, 1.165) is 136 Å². The number of carbonyl (C=O) groups is 9. The summed E-state index contributed by atoms with van der Waals surface area (Å²) >= 11 is 0. The van der Waals surface area contributed by atoms with E-state index >= 15 is 0 Å². The van der Waals surface area contributed by atoms with Gasteiger partial charge in [-0.2, -0.15) is 36.0 Å². The summed E-state index contributed by atoms with van der Waals surface area (Å²) in [5.41, 5.74) is 7.45. The van der Waals surface area contributed by atoms with Gasteiger partial charge in [-0.1, -0.05) is 104 Å². The first-order chi connectivity index (χ1) is 68.2. The number of aliphatic hydroxyl groups excluding tert-OH is 1. The molecule has 39 nitrogen and oxygen atoms in total. The molecule has 39 heteroatoms. The summed E-state index contributed by atoms with van der Waals surface area (Å²) in [6.07, 6.45) is 26.5. The van der Waals surface area contributed by atoms with Crippen molar-refractivity contribution in [3.05, 3.63) is 218 Å². The number of aldehydes is 1. The SMILES string of the molecule is C=CCCOc1cccc(-c2nn(C)cc2C(=O)N[C@@H](CC=C)C(=O)N(C)OC)c1.CC(C)(O)C#N.CON(C)C(=O)[C@@H]1CC=CCCOc2cccc(c2)-c2nn(C)cc2C(=O)N1.CON(C)C(=O)[C@@H]1CCCCCOc2cccc(c2)-c2nn(C)cc2C(=O)N1.Cn1cc2c(n1)-c1cccc(c1)OCCCCC[C@@H](C(O)C#N)NC2=O.Cn1cc2c(n1)-c1cccc(c1)OCCCCC[C@@H](C=O)NC2=O. The average molecular weight is 1950 g/mol. The molecule has 0 radical (unpaired) electrons. The van der Waals surface area contributed by atoms with Gasteiger partial charge in [0.1, 0.15) is 87.2 Å². The first kappa shape index (κ1) is 110. The smallest absolute Gasteiger partial charge is 0.268 e. The molecule has 9 heterocycles. The number of aromatic nitrogens is 10. The van der Waals surface area contributed by atoms with E-state index in [1.165, 1.54) is 56.3 Å². The minimum absolute atomic E-state index is 0.264. The van der Waals surface area contributed by atoms with Crippen molar-refractivity contribution in [2.24, 2.45) is 35.2 Å². The van der Waals surface area contributed by atoms with Crippen LogP contribution in [-0.4, -0.2) is 245 Å². The third-order valence-electron chi connectivity index (χ3n) is 22.4. The highest BCUT2D eigenvalue weighted by Crippen LogP contribution is 2.34. The van der Waals surface area contributed by atoms with Crippen LogP contribution in [0.3, 0.4) is 0 Å². The fourth-order valence-corrected chi connectivity index (χ4v) is 14.9. The van der Waals surface area contributed by atoms with Crippen molar-refractivity contribution in [3.63, 3.8) is 0 Å². The van der Waals surface area contributed by atoms with Crippen LogP contribution in [-0.2, 0) is 68.9 Å². The third kappa shape index (κ3) is 33.1. The van der Waals surface area contributed by atoms with Crippen molar-refractivity contribution in [2.45, 2.75) is 158 Å². The average Bonchev–Trinajstić information content (AvgIpc) is 1.68. The Morgan fingerprint density at radius 3 is 1.35 bits per heavy atom. The van der Waals surface area contributed by atoms with E-state index in [2.05, 4.69) is 65.2 Å². The number of nitrogens with zero attached hydrogens (tertiary/aromatic N) is 15. The van der Waals surface area contributed by atoms with Gasteiger partial charge >= 0.3 is 0 Å². The Balaban J connectivity index is 0.000000195. The second-order valence-corrected chi connectivity index (χ2v) is 34.0. The fourth-order valence-electron chi connectivity index (χ4n) is 14.9. The van der Waals surface area contributed by atoms with Crippen LogP contribution in [0.1, 0.15) is 168 Å². The predicted molar refractivity (Wildman–Crippen MR) is 529 cm³/mol. The van der Waals surface area contributed by atoms with Crippen molar-refractivity contribution in [3.8, 4) is 97.2 Å². The summed E-state index contributed by atoms with van der Waals surface area (Å²) in [5, 5.41) is 74.9. The van der Waals surface area contributed by atoms with Gasteiger partial charge < -0.3 is 65.3 Å². The van der Waals surface area contributed by atoms with Gasteiger partial charge in [0.2, 0.25) is 0 Å². The number of aryl methyl sites for hydroxylation is 5. The summed E-state index contributed by atoms with van der Waals surface area (Å²) in [5.74, 6) is 0.898. The summed E-state index contributed by atoms with van der Waals surface area (Å²) in [6, 6.07) is 37.6. The second kappa shape index (κ2) is 55.4. The lowest BCUT2D eigenvalue weighted by Gasteiger charge is -2.23. The summed E-state index contributed by atoms with van der Waals surface area (Å²) in [4.78, 5) is 128. The van der Waals surface area contributed by atoms with Crippen molar-refractivity contribution < 1.29 is 91.6 Å². The van der Waals surface area contributed by atoms with Crippen LogP contribution in [0.4, 0.5) is 0 Å². The van der Waals surface area contributed by atoms with Gasteiger partial charge in [0, 0.05) is 115 Å². The number of hydrogen-bond donors (Lipinski definition) is 7. The Morgan fingerprint density at radius 2 is 0.915 bits per heavy atom. The molecule has 8 amide bonds. The molecule has 0 aliphatic carbocycles. The van der Waals surface area contributed by atoms with E-state index in [1.807, 2.05) is 140 Å². The van der Waals surface area contributed by atoms with Gasteiger partial charge in [-0.3, -0.25) is 76.3 Å². The largest absolute Gasteiger partial charge is 0.494 e. The Kier molecular flexibility index (Phi) is 43.0. The summed E-state index contributed by atoms with van der Waals surface area (Å²) in [7, 11) is 17.5. The predicted octanol–water partition coefficient (Wildman–Crippen LogP) is 11.5. The maximum atomic E-state index is 13.0.